The molecule has 0 atom stereocenters. The number of alkyl halides is 3. The summed E-state index contributed by atoms with van der Waals surface area (Å²) in [6.07, 6.45) is -4.68. The van der Waals surface area contributed by atoms with Crippen molar-refractivity contribution >= 4 is 44.6 Å². The lowest BCUT2D eigenvalue weighted by Crippen LogP contribution is -2.17. The van der Waals surface area contributed by atoms with E-state index in [2.05, 4.69) is 10.3 Å². The summed E-state index contributed by atoms with van der Waals surface area (Å²) in [5, 5.41) is 2.35. The summed E-state index contributed by atoms with van der Waals surface area (Å²) in [5.74, 6) is -1.02. The van der Waals surface area contributed by atoms with Crippen LogP contribution in [0.15, 0.2) is 60.7 Å². The number of halogens is 3. The van der Waals surface area contributed by atoms with Crippen molar-refractivity contribution in [3.05, 3.63) is 87.9 Å². The van der Waals surface area contributed by atoms with Crippen LogP contribution < -0.4 is 11.1 Å². The maximum atomic E-state index is 13.9. The first-order chi connectivity index (χ1) is 16.4. The van der Waals surface area contributed by atoms with Crippen molar-refractivity contribution in [1.82, 2.24) is 4.98 Å². The lowest BCUT2D eigenvalue weighted by atomic mass is 9.90. The average molecular weight is 498 g/mol. The number of carbonyl (C=O) groups excluding carboxylic acids is 2. The van der Waals surface area contributed by atoms with Crippen LogP contribution in [-0.4, -0.2) is 16.7 Å². The first-order valence-electron chi connectivity index (χ1n) is 10.7. The van der Waals surface area contributed by atoms with Gasteiger partial charge in [-0.3, -0.25) is 9.59 Å². The average Bonchev–Trinajstić information content (AvgIpc) is 3.14. The molecule has 1 amide bonds. The molecule has 2 aromatic heterocycles. The maximum Gasteiger partial charge on any atom is 0.417 e. The van der Waals surface area contributed by atoms with Gasteiger partial charge < -0.3 is 11.1 Å². The Morgan fingerprint density at radius 3 is 2.23 bits per heavy atom. The maximum absolute atomic E-state index is 13.9. The summed E-state index contributed by atoms with van der Waals surface area (Å²) in [6, 6.07) is 15.9. The second kappa shape index (κ2) is 8.81. The van der Waals surface area contributed by atoms with E-state index in [1.54, 1.807) is 75.4 Å². The smallest absolute Gasteiger partial charge is 0.397 e. The number of nitrogens with one attached hydrogen (secondary N) is 1. The number of rotatable bonds is 4. The van der Waals surface area contributed by atoms with Crippen LogP contribution in [0.25, 0.3) is 10.2 Å². The number of anilines is 2. The highest BCUT2D eigenvalue weighted by atomic mass is 32.1. The minimum Gasteiger partial charge on any atom is -0.397 e. The number of hydrogen-bond donors (Lipinski definition) is 2. The fraction of sp³-hybridized carbons (Fsp3) is 0.192. The molecule has 2 heterocycles. The number of thiophene rings is 1. The van der Waals surface area contributed by atoms with E-state index in [1.165, 1.54) is 0 Å². The van der Waals surface area contributed by atoms with Gasteiger partial charge in [0.1, 0.15) is 9.71 Å². The third-order valence-corrected chi connectivity index (χ3v) is 6.53. The summed E-state index contributed by atoms with van der Waals surface area (Å²) in [6.45, 7) is 5.27. The first kappa shape index (κ1) is 24.4. The highest BCUT2D eigenvalue weighted by molar-refractivity contribution is 7.21. The van der Waals surface area contributed by atoms with Crippen molar-refractivity contribution in [1.29, 1.82) is 0 Å². The summed E-state index contributed by atoms with van der Waals surface area (Å²) in [5.41, 5.74) is 5.35. The summed E-state index contributed by atoms with van der Waals surface area (Å²) in [7, 11) is 0. The van der Waals surface area contributed by atoms with E-state index < -0.39 is 23.1 Å². The van der Waals surface area contributed by atoms with Gasteiger partial charge >= 0.3 is 6.18 Å². The monoisotopic (exact) mass is 497 g/mol. The van der Waals surface area contributed by atoms with Gasteiger partial charge in [0.15, 0.2) is 5.78 Å². The van der Waals surface area contributed by atoms with Gasteiger partial charge in [0.2, 0.25) is 0 Å². The molecule has 0 fully saturated rings. The first-order valence-corrected chi connectivity index (χ1v) is 11.5. The van der Waals surface area contributed by atoms with Crippen LogP contribution in [0, 0.1) is 0 Å². The molecule has 5 nitrogen and oxygen atoms in total. The number of benzene rings is 2. The van der Waals surface area contributed by atoms with Gasteiger partial charge in [0.05, 0.1) is 16.9 Å². The number of nitrogen functional groups attached to an aromatic ring is 1. The number of aromatic nitrogens is 1. The Balaban J connectivity index is 1.77. The zero-order valence-corrected chi connectivity index (χ0v) is 20.0. The van der Waals surface area contributed by atoms with Crippen LogP contribution in [0.3, 0.4) is 0 Å². The SMILES string of the molecule is CC(C)(C)c1cc(C(F)(F)F)c2c(N)c(C(=O)Nc3ccccc3C(=O)c3ccccc3)sc2n1. The van der Waals surface area contributed by atoms with Crippen molar-refractivity contribution in [2.75, 3.05) is 11.1 Å². The molecule has 9 heteroatoms. The normalized spacial score (nSPS) is 12.1. The predicted molar refractivity (Wildman–Crippen MR) is 132 cm³/mol. The van der Waals surface area contributed by atoms with Crippen LogP contribution in [0.1, 0.15) is 57.6 Å². The van der Waals surface area contributed by atoms with Crippen molar-refractivity contribution < 1.29 is 22.8 Å². The van der Waals surface area contributed by atoms with Crippen LogP contribution in [-0.2, 0) is 11.6 Å². The van der Waals surface area contributed by atoms with E-state index in [0.717, 1.165) is 17.4 Å². The largest absolute Gasteiger partial charge is 0.417 e. The van der Waals surface area contributed by atoms with Gasteiger partial charge in [0.25, 0.3) is 5.91 Å². The van der Waals surface area contributed by atoms with Gasteiger partial charge in [-0.2, -0.15) is 13.2 Å². The Morgan fingerprint density at radius 2 is 1.60 bits per heavy atom. The molecule has 35 heavy (non-hydrogen) atoms. The Kier molecular flexibility index (Phi) is 6.14. The van der Waals surface area contributed by atoms with Crippen LogP contribution >= 0.6 is 11.3 Å². The number of amides is 1. The van der Waals surface area contributed by atoms with Gasteiger partial charge in [0, 0.05) is 27.6 Å². The lowest BCUT2D eigenvalue weighted by Gasteiger charge is -2.20. The van der Waals surface area contributed by atoms with E-state index in [0.29, 0.717) is 5.56 Å². The van der Waals surface area contributed by atoms with Crippen molar-refractivity contribution in [3.63, 3.8) is 0 Å². The molecule has 0 saturated carbocycles. The molecular formula is C26H22F3N3O2S. The van der Waals surface area contributed by atoms with E-state index in [1.807, 2.05) is 0 Å². The molecule has 0 unspecified atom stereocenters. The van der Waals surface area contributed by atoms with Crippen LogP contribution in [0.5, 0.6) is 0 Å². The van der Waals surface area contributed by atoms with Crippen LogP contribution in [0.2, 0.25) is 0 Å². The number of nitrogens with two attached hydrogens (primary N) is 1. The quantitative estimate of drug-likeness (QED) is 0.308. The minimum atomic E-state index is -4.68. The number of carbonyl (C=O) groups is 2. The zero-order chi connectivity index (χ0) is 25.5. The number of para-hydroxylation sites is 1. The summed E-state index contributed by atoms with van der Waals surface area (Å²) >= 11 is 0.789. The third kappa shape index (κ3) is 4.77. The molecule has 4 aromatic rings. The molecule has 2 aromatic carbocycles. The summed E-state index contributed by atoms with van der Waals surface area (Å²) in [4.78, 5) is 30.4. The number of hydrogen-bond acceptors (Lipinski definition) is 5. The van der Waals surface area contributed by atoms with Crippen molar-refractivity contribution in [2.45, 2.75) is 32.4 Å². The molecule has 0 aliphatic rings. The Hall–Kier alpha value is -3.72. The van der Waals surface area contributed by atoms with E-state index in [4.69, 9.17) is 5.73 Å². The molecule has 0 spiro atoms. The Labute approximate surface area is 203 Å². The number of fused-ring (bicyclic) bond motifs is 1. The van der Waals surface area contributed by atoms with Crippen LogP contribution in [0.4, 0.5) is 24.5 Å². The third-order valence-electron chi connectivity index (χ3n) is 5.43. The zero-order valence-electron chi connectivity index (χ0n) is 19.2. The highest BCUT2D eigenvalue weighted by Crippen LogP contribution is 2.43. The molecule has 0 radical (unpaired) electrons. The second-order valence-corrected chi connectivity index (χ2v) is 10.0. The number of nitrogens with zero attached hydrogens (tertiary/aromatic N) is 1. The van der Waals surface area contributed by atoms with Crippen molar-refractivity contribution in [2.24, 2.45) is 0 Å². The van der Waals surface area contributed by atoms with Gasteiger partial charge in [-0.1, -0.05) is 63.2 Å². The van der Waals surface area contributed by atoms with Gasteiger partial charge in [-0.25, -0.2) is 4.98 Å². The molecule has 0 saturated heterocycles. The predicted octanol–water partition coefficient (Wildman–Crippen LogP) is 6.68. The van der Waals surface area contributed by atoms with Crippen molar-refractivity contribution in [3.8, 4) is 0 Å². The van der Waals surface area contributed by atoms with E-state index in [9.17, 15) is 22.8 Å². The fourth-order valence-electron chi connectivity index (χ4n) is 3.61. The Morgan fingerprint density at radius 1 is 0.971 bits per heavy atom. The van der Waals surface area contributed by atoms with E-state index >= 15 is 0 Å². The standard InChI is InChI=1S/C26H22F3N3O2S/c1-25(2,3)18-13-16(26(27,28)29)19-20(30)22(35-24(19)32-18)23(34)31-17-12-8-7-11-15(17)21(33)14-9-5-4-6-10-14/h4-13H,30H2,1-3H3,(H,31,34). The highest BCUT2D eigenvalue weighted by Gasteiger charge is 2.37. The number of ketones is 1. The Bertz CT molecular complexity index is 1440. The van der Waals surface area contributed by atoms with E-state index in [-0.39, 0.29) is 43.5 Å². The molecule has 3 N–H and O–H groups in total. The van der Waals surface area contributed by atoms with Gasteiger partial charge in [-0.05, 0) is 18.2 Å². The molecule has 0 aliphatic carbocycles. The molecule has 180 valence electrons. The fourth-order valence-corrected chi connectivity index (χ4v) is 4.63. The minimum absolute atomic E-state index is 0.0287. The lowest BCUT2D eigenvalue weighted by molar-refractivity contribution is -0.136. The van der Waals surface area contributed by atoms with Gasteiger partial charge in [-0.15, -0.1) is 11.3 Å². The topological polar surface area (TPSA) is 85.1 Å². The molecule has 0 bridgehead atoms. The molecule has 0 aliphatic heterocycles. The molecule has 4 rings (SSSR count). The summed E-state index contributed by atoms with van der Waals surface area (Å²) < 4.78 is 41.7. The number of pyridine rings is 1. The molecular weight excluding hydrogens is 475 g/mol. The second-order valence-electron chi connectivity index (χ2n) is 9.02.